The zero-order chi connectivity index (χ0) is 20.4. The third kappa shape index (κ3) is 10.8. The lowest BCUT2D eigenvalue weighted by atomic mass is 9.93. The molecule has 0 aromatic carbocycles. The Bertz CT molecular complexity index is 601. The summed E-state index contributed by atoms with van der Waals surface area (Å²) in [5.74, 6) is 1.25. The molecule has 29 heavy (non-hydrogen) atoms. The number of likely N-dealkylation sites (tertiary alicyclic amines) is 1. The third-order valence-electron chi connectivity index (χ3n) is 4.84. The van der Waals surface area contributed by atoms with E-state index in [9.17, 15) is 13.2 Å². The van der Waals surface area contributed by atoms with Crippen LogP contribution in [-0.4, -0.2) is 61.3 Å². The number of halogens is 4. The summed E-state index contributed by atoms with van der Waals surface area (Å²) in [4.78, 5) is 11.9. The topological polar surface area (TPSA) is 52.6 Å². The van der Waals surface area contributed by atoms with E-state index in [1.54, 1.807) is 11.3 Å². The smallest absolute Gasteiger partial charge is 0.357 e. The van der Waals surface area contributed by atoms with Crippen LogP contribution in [0, 0.1) is 5.92 Å². The predicted molar refractivity (Wildman–Crippen MR) is 124 cm³/mol. The molecule has 2 N–H and O–H groups in total. The number of nitrogens with zero attached hydrogens (tertiary/aromatic N) is 3. The Morgan fingerprint density at radius 2 is 2.00 bits per heavy atom. The zero-order valence-electron chi connectivity index (χ0n) is 17.2. The van der Waals surface area contributed by atoms with E-state index in [2.05, 4.69) is 27.5 Å². The zero-order valence-corrected chi connectivity index (χ0v) is 20.4. The van der Waals surface area contributed by atoms with Gasteiger partial charge < -0.3 is 10.6 Å². The number of nitrogens with one attached hydrogen (secondary N) is 2. The van der Waals surface area contributed by atoms with Crippen LogP contribution in [0.15, 0.2) is 11.2 Å². The van der Waals surface area contributed by atoms with Gasteiger partial charge in [-0.2, -0.15) is 13.2 Å². The summed E-state index contributed by atoms with van der Waals surface area (Å²) in [5, 5.41) is 7.71. The third-order valence-corrected chi connectivity index (χ3v) is 6.04. The average Bonchev–Trinajstić information content (AvgIpc) is 3.10. The standard InChI is InChI=1S/C19H32F3N5S.HI/c1-3-16-13-26-17(28-16)6-10-25-18(23-4-2)24-9-5-15-7-11-27(12-8-15)14-19(20,21)22;/h13,15H,3-12,14H2,1-2H3,(H2,23,24,25);1H. The molecule has 10 heteroatoms. The van der Waals surface area contributed by atoms with Crippen LogP contribution in [0.4, 0.5) is 13.2 Å². The molecule has 0 aliphatic carbocycles. The number of aliphatic imine (C=N–C) groups is 1. The molecule has 1 aromatic heterocycles. The Labute approximate surface area is 193 Å². The first-order valence-electron chi connectivity index (χ1n) is 10.1. The number of aromatic nitrogens is 1. The first-order chi connectivity index (χ1) is 13.4. The van der Waals surface area contributed by atoms with Crippen LogP contribution in [-0.2, 0) is 12.8 Å². The first kappa shape index (κ1) is 26.4. The van der Waals surface area contributed by atoms with E-state index >= 15 is 0 Å². The lowest BCUT2D eigenvalue weighted by Crippen LogP contribution is -2.40. The van der Waals surface area contributed by atoms with Gasteiger partial charge in [0, 0.05) is 37.1 Å². The van der Waals surface area contributed by atoms with Crippen molar-refractivity contribution >= 4 is 41.3 Å². The Morgan fingerprint density at radius 1 is 1.28 bits per heavy atom. The number of rotatable bonds is 9. The van der Waals surface area contributed by atoms with Gasteiger partial charge in [0.25, 0.3) is 0 Å². The second-order valence-corrected chi connectivity index (χ2v) is 8.33. The molecule has 0 amide bonds. The van der Waals surface area contributed by atoms with Crippen LogP contribution in [0.3, 0.4) is 0 Å². The predicted octanol–water partition coefficient (Wildman–Crippen LogP) is 4.09. The summed E-state index contributed by atoms with van der Waals surface area (Å²) in [6.45, 7) is 6.69. The van der Waals surface area contributed by atoms with E-state index in [1.807, 2.05) is 13.1 Å². The molecule has 2 heterocycles. The van der Waals surface area contributed by atoms with Crippen molar-refractivity contribution < 1.29 is 13.2 Å². The van der Waals surface area contributed by atoms with E-state index in [1.165, 1.54) is 9.78 Å². The minimum Gasteiger partial charge on any atom is -0.357 e. The van der Waals surface area contributed by atoms with Crippen LogP contribution in [0.5, 0.6) is 0 Å². The maximum absolute atomic E-state index is 12.5. The number of hydrogen-bond donors (Lipinski definition) is 2. The summed E-state index contributed by atoms with van der Waals surface area (Å²) >= 11 is 1.75. The second-order valence-electron chi connectivity index (χ2n) is 7.13. The van der Waals surface area contributed by atoms with Gasteiger partial charge in [0.1, 0.15) is 0 Å². The van der Waals surface area contributed by atoms with E-state index in [-0.39, 0.29) is 24.0 Å². The highest BCUT2D eigenvalue weighted by Crippen LogP contribution is 2.24. The summed E-state index contributed by atoms with van der Waals surface area (Å²) in [6, 6.07) is 0. The molecule has 0 bridgehead atoms. The molecule has 2 rings (SSSR count). The fourth-order valence-electron chi connectivity index (χ4n) is 3.30. The minimum absolute atomic E-state index is 0. The maximum Gasteiger partial charge on any atom is 0.401 e. The molecule has 0 unspecified atom stereocenters. The Kier molecular flexibility index (Phi) is 12.4. The summed E-state index contributed by atoms with van der Waals surface area (Å²) in [5.41, 5.74) is 0. The van der Waals surface area contributed by atoms with Crippen molar-refractivity contribution in [2.75, 3.05) is 39.3 Å². The number of alkyl halides is 3. The quantitative estimate of drug-likeness (QED) is 0.278. The number of guanidine groups is 1. The lowest BCUT2D eigenvalue weighted by Gasteiger charge is -2.32. The number of aryl methyl sites for hydroxylation is 1. The Morgan fingerprint density at radius 3 is 2.59 bits per heavy atom. The average molecular weight is 547 g/mol. The van der Waals surface area contributed by atoms with Gasteiger partial charge in [-0.15, -0.1) is 35.3 Å². The largest absolute Gasteiger partial charge is 0.401 e. The molecule has 1 fully saturated rings. The molecule has 0 atom stereocenters. The van der Waals surface area contributed by atoms with Gasteiger partial charge in [-0.05, 0) is 51.6 Å². The monoisotopic (exact) mass is 547 g/mol. The minimum atomic E-state index is -4.10. The highest BCUT2D eigenvalue weighted by Gasteiger charge is 2.32. The van der Waals surface area contributed by atoms with Crippen LogP contribution < -0.4 is 10.6 Å². The molecule has 0 radical (unpaired) electrons. The van der Waals surface area contributed by atoms with Crippen LogP contribution >= 0.6 is 35.3 Å². The van der Waals surface area contributed by atoms with Crippen molar-refractivity contribution in [3.8, 4) is 0 Å². The highest BCUT2D eigenvalue weighted by molar-refractivity contribution is 14.0. The van der Waals surface area contributed by atoms with Gasteiger partial charge in [0.15, 0.2) is 5.96 Å². The van der Waals surface area contributed by atoms with Gasteiger partial charge in [0.05, 0.1) is 11.6 Å². The molecular formula is C19H33F3IN5S. The van der Waals surface area contributed by atoms with Gasteiger partial charge in [-0.1, -0.05) is 6.92 Å². The molecule has 0 saturated carbocycles. The maximum atomic E-state index is 12.5. The van der Waals surface area contributed by atoms with Crippen molar-refractivity contribution in [1.29, 1.82) is 0 Å². The van der Waals surface area contributed by atoms with Crippen molar-refractivity contribution in [3.63, 3.8) is 0 Å². The first-order valence-corrected chi connectivity index (χ1v) is 11.0. The summed E-state index contributed by atoms with van der Waals surface area (Å²) in [6.07, 6.45) is 2.29. The van der Waals surface area contributed by atoms with E-state index in [0.717, 1.165) is 56.2 Å². The Hall–Kier alpha value is -0.620. The number of piperidine rings is 1. The summed E-state index contributed by atoms with van der Waals surface area (Å²) < 4.78 is 37.4. The number of hydrogen-bond acceptors (Lipinski definition) is 4. The van der Waals surface area contributed by atoms with Gasteiger partial charge in [-0.3, -0.25) is 9.89 Å². The van der Waals surface area contributed by atoms with Crippen molar-refractivity contribution in [3.05, 3.63) is 16.1 Å². The fraction of sp³-hybridized carbons (Fsp3) is 0.789. The van der Waals surface area contributed by atoms with E-state index in [4.69, 9.17) is 0 Å². The second kappa shape index (κ2) is 13.6. The van der Waals surface area contributed by atoms with Crippen LogP contribution in [0.1, 0.15) is 43.0 Å². The van der Waals surface area contributed by atoms with Gasteiger partial charge >= 0.3 is 6.18 Å². The molecule has 0 spiro atoms. The van der Waals surface area contributed by atoms with E-state index in [0.29, 0.717) is 25.6 Å². The van der Waals surface area contributed by atoms with Crippen molar-refractivity contribution in [2.24, 2.45) is 10.9 Å². The van der Waals surface area contributed by atoms with Crippen LogP contribution in [0.2, 0.25) is 0 Å². The number of thiazole rings is 1. The summed E-state index contributed by atoms with van der Waals surface area (Å²) in [7, 11) is 0. The Balaban J connectivity index is 0.00000420. The normalized spacial score (nSPS) is 16.5. The molecule has 1 aromatic rings. The van der Waals surface area contributed by atoms with Crippen LogP contribution in [0.25, 0.3) is 0 Å². The molecular weight excluding hydrogens is 514 g/mol. The van der Waals surface area contributed by atoms with Gasteiger partial charge in [-0.25, -0.2) is 4.98 Å². The van der Waals surface area contributed by atoms with Crippen molar-refractivity contribution in [1.82, 2.24) is 20.5 Å². The fourth-order valence-corrected chi connectivity index (χ4v) is 4.16. The van der Waals surface area contributed by atoms with Gasteiger partial charge in [0.2, 0.25) is 0 Å². The molecule has 5 nitrogen and oxygen atoms in total. The molecule has 1 aliphatic heterocycles. The molecule has 1 saturated heterocycles. The highest BCUT2D eigenvalue weighted by atomic mass is 127. The van der Waals surface area contributed by atoms with Crippen molar-refractivity contribution in [2.45, 2.75) is 52.1 Å². The lowest BCUT2D eigenvalue weighted by molar-refractivity contribution is -0.148. The van der Waals surface area contributed by atoms with E-state index < -0.39 is 12.7 Å². The molecule has 168 valence electrons. The molecule has 1 aliphatic rings. The SMILES string of the molecule is CCNC(=NCCC1CCN(CC(F)(F)F)CC1)NCCc1ncc(CC)s1.I.